The molecule has 84 valence electrons. The number of hydrogen-bond donors (Lipinski definition) is 2. The first-order chi connectivity index (χ1) is 7.11. The smallest absolute Gasteiger partial charge is 0.224 e. The average Bonchev–Trinajstić information content (AvgIpc) is 2.12. The molecule has 0 atom stereocenters. The van der Waals surface area contributed by atoms with Gasteiger partial charge in [-0.05, 0) is 13.3 Å². The highest BCUT2D eigenvalue weighted by Gasteiger charge is 2.01. The van der Waals surface area contributed by atoms with Crippen LogP contribution in [0.5, 0.6) is 0 Å². The fourth-order valence-electron chi connectivity index (χ4n) is 1.17. The molecule has 0 radical (unpaired) electrons. The van der Waals surface area contributed by atoms with Crippen LogP contribution in [0.1, 0.15) is 19.0 Å². The Kier molecular flexibility index (Phi) is 4.30. The van der Waals surface area contributed by atoms with Gasteiger partial charge in [0.2, 0.25) is 5.95 Å². The van der Waals surface area contributed by atoms with Crippen molar-refractivity contribution in [3.05, 3.63) is 11.8 Å². The molecule has 0 saturated heterocycles. The summed E-state index contributed by atoms with van der Waals surface area (Å²) in [7, 11) is 3.85. The Morgan fingerprint density at radius 2 is 2.07 bits per heavy atom. The van der Waals surface area contributed by atoms with E-state index in [-0.39, 0.29) is 0 Å². The second-order valence-corrected chi connectivity index (χ2v) is 3.65. The molecular formula is C10H19N5. The molecule has 1 heterocycles. The Morgan fingerprint density at radius 1 is 1.33 bits per heavy atom. The zero-order valence-corrected chi connectivity index (χ0v) is 9.83. The molecule has 2 N–H and O–H groups in total. The van der Waals surface area contributed by atoms with E-state index in [9.17, 15) is 0 Å². The fourth-order valence-corrected chi connectivity index (χ4v) is 1.17. The molecule has 0 unspecified atom stereocenters. The number of anilines is 2. The van der Waals surface area contributed by atoms with Gasteiger partial charge in [0.25, 0.3) is 0 Å². The largest absolute Gasteiger partial charge is 0.354 e. The highest BCUT2D eigenvalue weighted by Crippen LogP contribution is 2.09. The minimum atomic E-state index is 0.682. The van der Waals surface area contributed by atoms with Gasteiger partial charge < -0.3 is 10.7 Å². The Balaban J connectivity index is 2.75. The lowest BCUT2D eigenvalue weighted by atomic mass is 10.4. The van der Waals surface area contributed by atoms with Gasteiger partial charge in [-0.15, -0.1) is 0 Å². The molecule has 1 aromatic heterocycles. The van der Waals surface area contributed by atoms with Crippen LogP contribution < -0.4 is 10.7 Å². The molecule has 0 saturated carbocycles. The van der Waals surface area contributed by atoms with Gasteiger partial charge in [-0.25, -0.2) is 9.99 Å². The van der Waals surface area contributed by atoms with Crippen molar-refractivity contribution in [2.24, 2.45) is 0 Å². The molecule has 0 bridgehead atoms. The molecular weight excluding hydrogens is 190 g/mol. The minimum Gasteiger partial charge on any atom is -0.354 e. The lowest BCUT2D eigenvalue weighted by Crippen LogP contribution is -2.21. The molecule has 0 fully saturated rings. The predicted molar refractivity (Wildman–Crippen MR) is 62.9 cm³/mol. The molecule has 5 heteroatoms. The topological polar surface area (TPSA) is 53.1 Å². The number of aromatic nitrogens is 2. The third-order valence-corrected chi connectivity index (χ3v) is 1.73. The van der Waals surface area contributed by atoms with Gasteiger partial charge in [0, 0.05) is 32.4 Å². The van der Waals surface area contributed by atoms with Crippen LogP contribution in [0.25, 0.3) is 0 Å². The Morgan fingerprint density at radius 3 is 2.67 bits per heavy atom. The Hall–Kier alpha value is -1.36. The number of aryl methyl sites for hydroxylation is 1. The minimum absolute atomic E-state index is 0.682. The van der Waals surface area contributed by atoms with E-state index < -0.39 is 0 Å². The van der Waals surface area contributed by atoms with E-state index in [4.69, 9.17) is 0 Å². The summed E-state index contributed by atoms with van der Waals surface area (Å²) in [6, 6.07) is 1.91. The van der Waals surface area contributed by atoms with Crippen LogP contribution in [0.15, 0.2) is 6.07 Å². The third-order valence-electron chi connectivity index (χ3n) is 1.73. The summed E-state index contributed by atoms with van der Waals surface area (Å²) in [6.45, 7) is 4.96. The molecule has 5 nitrogen and oxygen atoms in total. The molecule has 1 aromatic rings. The van der Waals surface area contributed by atoms with E-state index >= 15 is 0 Å². The SMILES string of the molecule is CCCNc1nc(C)cc(NN(C)C)n1. The van der Waals surface area contributed by atoms with Crippen LogP contribution in [0, 0.1) is 6.92 Å². The molecule has 0 amide bonds. The fraction of sp³-hybridized carbons (Fsp3) is 0.600. The number of hydrazine groups is 1. The van der Waals surface area contributed by atoms with Gasteiger partial charge in [0.1, 0.15) is 5.82 Å². The van der Waals surface area contributed by atoms with Gasteiger partial charge in [-0.3, -0.25) is 0 Å². The van der Waals surface area contributed by atoms with Gasteiger partial charge in [0.05, 0.1) is 0 Å². The molecule has 0 aliphatic carbocycles. The summed E-state index contributed by atoms with van der Waals surface area (Å²) in [4.78, 5) is 8.63. The second-order valence-electron chi connectivity index (χ2n) is 3.65. The quantitative estimate of drug-likeness (QED) is 0.720. The average molecular weight is 209 g/mol. The maximum absolute atomic E-state index is 4.34. The van der Waals surface area contributed by atoms with Gasteiger partial charge >= 0.3 is 0 Å². The first-order valence-corrected chi connectivity index (χ1v) is 5.15. The summed E-state index contributed by atoms with van der Waals surface area (Å²) in [6.07, 6.45) is 1.06. The maximum atomic E-state index is 4.34. The van der Waals surface area contributed by atoms with Crippen molar-refractivity contribution in [1.82, 2.24) is 15.0 Å². The van der Waals surface area contributed by atoms with Crippen LogP contribution in [0.4, 0.5) is 11.8 Å². The van der Waals surface area contributed by atoms with E-state index in [1.54, 1.807) is 0 Å². The van der Waals surface area contributed by atoms with Crippen LogP contribution >= 0.6 is 0 Å². The van der Waals surface area contributed by atoms with Crippen molar-refractivity contribution >= 4 is 11.8 Å². The molecule has 1 rings (SSSR count). The van der Waals surface area contributed by atoms with Gasteiger partial charge in [-0.2, -0.15) is 4.98 Å². The summed E-state index contributed by atoms with van der Waals surface area (Å²) >= 11 is 0. The highest BCUT2D eigenvalue weighted by molar-refractivity contribution is 5.41. The van der Waals surface area contributed by atoms with Crippen molar-refractivity contribution in [3.63, 3.8) is 0 Å². The van der Waals surface area contributed by atoms with Crippen molar-refractivity contribution < 1.29 is 0 Å². The van der Waals surface area contributed by atoms with Crippen LogP contribution in [-0.4, -0.2) is 35.6 Å². The Bertz CT molecular complexity index is 311. The normalized spacial score (nSPS) is 10.5. The summed E-state index contributed by atoms with van der Waals surface area (Å²) in [5, 5.41) is 5.02. The van der Waals surface area contributed by atoms with Crippen molar-refractivity contribution in [3.8, 4) is 0 Å². The Labute approximate surface area is 90.9 Å². The standard InChI is InChI=1S/C10H19N5/c1-5-6-11-10-12-8(2)7-9(13-10)14-15(3)4/h7H,5-6H2,1-4H3,(H2,11,12,13,14). The van der Waals surface area contributed by atoms with Crippen molar-refractivity contribution in [2.45, 2.75) is 20.3 Å². The molecule has 0 aliphatic heterocycles. The highest BCUT2D eigenvalue weighted by atomic mass is 15.5. The molecule has 15 heavy (non-hydrogen) atoms. The van der Waals surface area contributed by atoms with E-state index in [1.807, 2.05) is 32.1 Å². The summed E-state index contributed by atoms with van der Waals surface area (Å²) < 4.78 is 0. The van der Waals surface area contributed by atoms with Gasteiger partial charge in [0.15, 0.2) is 0 Å². The maximum Gasteiger partial charge on any atom is 0.224 e. The first-order valence-electron chi connectivity index (χ1n) is 5.15. The molecule has 0 aliphatic rings. The zero-order valence-electron chi connectivity index (χ0n) is 9.83. The number of rotatable bonds is 5. The monoisotopic (exact) mass is 209 g/mol. The van der Waals surface area contributed by atoms with E-state index in [1.165, 1.54) is 0 Å². The first kappa shape index (κ1) is 11.7. The number of nitrogens with one attached hydrogen (secondary N) is 2. The van der Waals surface area contributed by atoms with E-state index in [2.05, 4.69) is 27.6 Å². The van der Waals surface area contributed by atoms with Crippen molar-refractivity contribution in [1.29, 1.82) is 0 Å². The van der Waals surface area contributed by atoms with Crippen molar-refractivity contribution in [2.75, 3.05) is 31.4 Å². The summed E-state index contributed by atoms with van der Waals surface area (Å²) in [5.74, 6) is 1.49. The van der Waals surface area contributed by atoms with E-state index in [0.29, 0.717) is 5.95 Å². The van der Waals surface area contributed by atoms with Gasteiger partial charge in [-0.1, -0.05) is 6.92 Å². The van der Waals surface area contributed by atoms with Crippen LogP contribution in [0.3, 0.4) is 0 Å². The predicted octanol–water partition coefficient (Wildman–Crippen LogP) is 1.50. The zero-order chi connectivity index (χ0) is 11.3. The van der Waals surface area contributed by atoms with E-state index in [0.717, 1.165) is 24.5 Å². The van der Waals surface area contributed by atoms with Crippen LogP contribution in [0.2, 0.25) is 0 Å². The number of hydrogen-bond acceptors (Lipinski definition) is 5. The lowest BCUT2D eigenvalue weighted by Gasteiger charge is -2.14. The third kappa shape index (κ3) is 4.12. The lowest BCUT2D eigenvalue weighted by molar-refractivity contribution is 0.492. The number of nitrogens with zero attached hydrogens (tertiary/aromatic N) is 3. The van der Waals surface area contributed by atoms with Crippen LogP contribution in [-0.2, 0) is 0 Å². The molecule has 0 spiro atoms. The molecule has 0 aromatic carbocycles. The second kappa shape index (κ2) is 5.50. The summed E-state index contributed by atoms with van der Waals surface area (Å²) in [5.41, 5.74) is 4.06.